The van der Waals surface area contributed by atoms with Crippen molar-refractivity contribution in [3.05, 3.63) is 29.0 Å². The van der Waals surface area contributed by atoms with Gasteiger partial charge in [-0.2, -0.15) is 8.42 Å². The fourth-order valence-corrected chi connectivity index (χ4v) is 1.81. The van der Waals surface area contributed by atoms with Crippen molar-refractivity contribution < 1.29 is 12.6 Å². The maximum absolute atomic E-state index is 10.8. The molecule has 0 unspecified atom stereocenters. The van der Waals surface area contributed by atoms with Crippen LogP contribution in [0.15, 0.2) is 18.3 Å². The van der Waals surface area contributed by atoms with Gasteiger partial charge in [0.1, 0.15) is 5.15 Å². The maximum Gasteiger partial charge on any atom is 0.264 e. The van der Waals surface area contributed by atoms with Crippen LogP contribution < -0.4 is 0 Å². The van der Waals surface area contributed by atoms with Gasteiger partial charge in [0, 0.05) is 6.20 Å². The van der Waals surface area contributed by atoms with E-state index >= 15 is 0 Å². The Morgan fingerprint density at radius 1 is 1.57 bits per heavy atom. The molecule has 14 heavy (non-hydrogen) atoms. The van der Waals surface area contributed by atoms with E-state index in [1.165, 1.54) is 6.20 Å². The first-order chi connectivity index (χ1) is 6.38. The largest absolute Gasteiger partial charge is 0.264 e. The van der Waals surface area contributed by atoms with Crippen molar-refractivity contribution >= 4 is 21.7 Å². The van der Waals surface area contributed by atoms with Crippen molar-refractivity contribution in [2.75, 3.05) is 6.26 Å². The van der Waals surface area contributed by atoms with Crippen LogP contribution in [0.2, 0.25) is 5.15 Å². The van der Waals surface area contributed by atoms with E-state index in [1.54, 1.807) is 19.1 Å². The summed E-state index contributed by atoms with van der Waals surface area (Å²) in [5.74, 6) is 0. The van der Waals surface area contributed by atoms with Gasteiger partial charge in [-0.1, -0.05) is 11.6 Å². The fourth-order valence-electron chi connectivity index (χ4n) is 0.988. The van der Waals surface area contributed by atoms with Crippen molar-refractivity contribution in [1.82, 2.24) is 4.98 Å². The molecule has 1 aromatic rings. The molecule has 0 fully saturated rings. The van der Waals surface area contributed by atoms with Crippen LogP contribution in [0.3, 0.4) is 0 Å². The number of hydrogen-bond acceptors (Lipinski definition) is 4. The van der Waals surface area contributed by atoms with Crippen LogP contribution >= 0.6 is 11.6 Å². The second kappa shape index (κ2) is 4.25. The Morgan fingerprint density at radius 3 is 2.71 bits per heavy atom. The van der Waals surface area contributed by atoms with Gasteiger partial charge < -0.3 is 0 Å². The van der Waals surface area contributed by atoms with Crippen LogP contribution in [0.1, 0.15) is 18.6 Å². The topological polar surface area (TPSA) is 56.3 Å². The molecule has 0 spiro atoms. The first-order valence-corrected chi connectivity index (χ1v) is 6.07. The molecule has 6 heteroatoms. The number of rotatable bonds is 3. The maximum atomic E-state index is 10.8. The van der Waals surface area contributed by atoms with E-state index in [1.807, 2.05) is 0 Å². The Balaban J connectivity index is 2.85. The second-order valence-corrected chi connectivity index (χ2v) is 4.84. The summed E-state index contributed by atoms with van der Waals surface area (Å²) >= 11 is 5.64. The molecule has 0 aliphatic heterocycles. The summed E-state index contributed by atoms with van der Waals surface area (Å²) in [5, 5.41) is 0.312. The lowest BCUT2D eigenvalue weighted by Gasteiger charge is -2.10. The number of pyridine rings is 1. The Morgan fingerprint density at radius 2 is 2.21 bits per heavy atom. The summed E-state index contributed by atoms with van der Waals surface area (Å²) in [4.78, 5) is 3.78. The summed E-state index contributed by atoms with van der Waals surface area (Å²) in [6.45, 7) is 1.63. The minimum Gasteiger partial charge on any atom is -0.262 e. The van der Waals surface area contributed by atoms with Gasteiger partial charge in [-0.05, 0) is 24.6 Å². The molecular formula is C8H10ClNO3S. The van der Waals surface area contributed by atoms with E-state index < -0.39 is 16.2 Å². The zero-order valence-electron chi connectivity index (χ0n) is 7.77. The Hall–Kier alpha value is -0.650. The molecule has 1 heterocycles. The smallest absolute Gasteiger partial charge is 0.262 e. The standard InChI is InChI=1S/C8H10ClNO3S/c1-6(13-14(2,11)12)7-3-4-10-8(9)5-7/h3-6H,1-2H3/t6-/m0/s1. The van der Waals surface area contributed by atoms with E-state index in [0.717, 1.165) is 6.26 Å². The van der Waals surface area contributed by atoms with E-state index in [0.29, 0.717) is 10.7 Å². The first-order valence-electron chi connectivity index (χ1n) is 3.88. The average Bonchev–Trinajstić information content (AvgIpc) is 2.01. The SMILES string of the molecule is C[C@H](OS(C)(=O)=O)c1ccnc(Cl)c1. The summed E-state index contributed by atoms with van der Waals surface area (Å²) < 4.78 is 26.4. The molecule has 0 radical (unpaired) electrons. The van der Waals surface area contributed by atoms with Crippen molar-refractivity contribution in [3.63, 3.8) is 0 Å². The molecule has 78 valence electrons. The molecule has 0 aliphatic carbocycles. The van der Waals surface area contributed by atoms with Gasteiger partial charge in [0.15, 0.2) is 0 Å². The number of nitrogens with zero attached hydrogens (tertiary/aromatic N) is 1. The van der Waals surface area contributed by atoms with Crippen LogP contribution in [-0.4, -0.2) is 19.7 Å². The molecule has 4 nitrogen and oxygen atoms in total. The number of halogens is 1. The predicted molar refractivity (Wildman–Crippen MR) is 53.6 cm³/mol. The zero-order chi connectivity index (χ0) is 10.8. The van der Waals surface area contributed by atoms with Gasteiger partial charge in [-0.15, -0.1) is 0 Å². The van der Waals surface area contributed by atoms with E-state index in [2.05, 4.69) is 4.98 Å². The molecular weight excluding hydrogens is 226 g/mol. The summed E-state index contributed by atoms with van der Waals surface area (Å²) in [6, 6.07) is 3.22. The molecule has 0 saturated heterocycles. The van der Waals surface area contributed by atoms with Crippen molar-refractivity contribution in [3.8, 4) is 0 Å². The van der Waals surface area contributed by atoms with Gasteiger partial charge in [-0.25, -0.2) is 4.98 Å². The third-order valence-electron chi connectivity index (χ3n) is 1.54. The molecule has 0 bridgehead atoms. The van der Waals surface area contributed by atoms with Crippen molar-refractivity contribution in [1.29, 1.82) is 0 Å². The molecule has 1 rings (SSSR count). The first kappa shape index (κ1) is 11.4. The lowest BCUT2D eigenvalue weighted by Crippen LogP contribution is -2.07. The zero-order valence-corrected chi connectivity index (χ0v) is 9.34. The molecule has 1 aromatic heterocycles. The number of aromatic nitrogens is 1. The Kier molecular flexibility index (Phi) is 3.47. The molecule has 0 saturated carbocycles. The van der Waals surface area contributed by atoms with E-state index in [-0.39, 0.29) is 0 Å². The van der Waals surface area contributed by atoms with E-state index in [9.17, 15) is 8.42 Å². The Labute approximate surface area is 88.0 Å². The van der Waals surface area contributed by atoms with Crippen LogP contribution in [-0.2, 0) is 14.3 Å². The molecule has 0 N–H and O–H groups in total. The monoisotopic (exact) mass is 235 g/mol. The lowest BCUT2D eigenvalue weighted by atomic mass is 10.2. The molecule has 1 atom stereocenters. The van der Waals surface area contributed by atoms with Gasteiger partial charge in [0.2, 0.25) is 0 Å². The van der Waals surface area contributed by atoms with Crippen molar-refractivity contribution in [2.24, 2.45) is 0 Å². The minimum atomic E-state index is -3.45. The van der Waals surface area contributed by atoms with Crippen LogP contribution in [0, 0.1) is 0 Å². The second-order valence-electron chi connectivity index (χ2n) is 2.85. The summed E-state index contributed by atoms with van der Waals surface area (Å²) in [6.07, 6.45) is 1.96. The van der Waals surface area contributed by atoms with Crippen LogP contribution in [0.25, 0.3) is 0 Å². The van der Waals surface area contributed by atoms with Gasteiger partial charge in [-0.3, -0.25) is 4.18 Å². The third kappa shape index (κ3) is 3.61. The average molecular weight is 236 g/mol. The van der Waals surface area contributed by atoms with Gasteiger partial charge in [0.25, 0.3) is 10.1 Å². The number of hydrogen-bond donors (Lipinski definition) is 0. The van der Waals surface area contributed by atoms with Crippen molar-refractivity contribution in [2.45, 2.75) is 13.0 Å². The normalized spacial score (nSPS) is 13.9. The molecule has 0 amide bonds. The third-order valence-corrected chi connectivity index (χ3v) is 2.38. The predicted octanol–water partition coefficient (Wildman–Crippen LogP) is 1.77. The highest BCUT2D eigenvalue weighted by Gasteiger charge is 2.12. The van der Waals surface area contributed by atoms with Gasteiger partial charge >= 0.3 is 0 Å². The lowest BCUT2D eigenvalue weighted by molar-refractivity contribution is 0.236. The minimum absolute atomic E-state index is 0.312. The molecule has 0 aromatic carbocycles. The van der Waals surface area contributed by atoms with Crippen LogP contribution in [0.5, 0.6) is 0 Å². The summed E-state index contributed by atoms with van der Waals surface area (Å²) in [7, 11) is -3.45. The van der Waals surface area contributed by atoms with Gasteiger partial charge in [0.05, 0.1) is 12.4 Å². The highest BCUT2D eigenvalue weighted by atomic mass is 35.5. The summed E-state index contributed by atoms with van der Waals surface area (Å²) in [5.41, 5.74) is 0.676. The van der Waals surface area contributed by atoms with Crippen LogP contribution in [0.4, 0.5) is 0 Å². The fraction of sp³-hybridized carbons (Fsp3) is 0.375. The quantitative estimate of drug-likeness (QED) is 0.592. The molecule has 0 aliphatic rings. The highest BCUT2D eigenvalue weighted by Crippen LogP contribution is 2.20. The highest BCUT2D eigenvalue weighted by molar-refractivity contribution is 7.86. The Bertz CT molecular complexity index is 418. The van der Waals surface area contributed by atoms with E-state index in [4.69, 9.17) is 15.8 Å².